The number of hydrogen-bond donors (Lipinski definition) is 2. The molecule has 2 aromatic carbocycles. The van der Waals surface area contributed by atoms with E-state index in [1.165, 1.54) is 12.1 Å². The summed E-state index contributed by atoms with van der Waals surface area (Å²) in [5.74, 6) is -0.237. The Bertz CT molecular complexity index is 995. The van der Waals surface area contributed by atoms with Crippen LogP contribution in [0.25, 0.3) is 10.9 Å². The molecule has 0 unspecified atom stereocenters. The second-order valence-corrected chi connectivity index (χ2v) is 5.38. The highest BCUT2D eigenvalue weighted by atomic mass is 19.1. The Hall–Kier alpha value is -3.42. The fraction of sp³-hybridized carbons (Fsp3) is 0.118. The standard InChI is InChI=1S/C17H12FN3O4/c18-10-3-1-9(2-4-10)16(22)21-20-15-11-7-13-14(25-6-5-24-13)8-12(11)19-17(15)23/h1-4,7-8,19,23H,5-6H2. The number of benzene rings is 2. The summed E-state index contributed by atoms with van der Waals surface area (Å²) in [5.41, 5.74) is 0.881. The number of amides is 1. The third kappa shape index (κ3) is 2.78. The van der Waals surface area contributed by atoms with Gasteiger partial charge < -0.3 is 19.6 Å². The van der Waals surface area contributed by atoms with Gasteiger partial charge in [0, 0.05) is 17.0 Å². The lowest BCUT2D eigenvalue weighted by molar-refractivity contribution is 0.0995. The summed E-state index contributed by atoms with van der Waals surface area (Å²) in [6.07, 6.45) is 0. The van der Waals surface area contributed by atoms with E-state index < -0.39 is 11.7 Å². The van der Waals surface area contributed by atoms with Crippen molar-refractivity contribution in [1.82, 2.24) is 4.98 Å². The van der Waals surface area contributed by atoms with E-state index in [9.17, 15) is 14.3 Å². The lowest BCUT2D eigenvalue weighted by atomic mass is 10.2. The molecule has 0 fully saturated rings. The van der Waals surface area contributed by atoms with Gasteiger partial charge >= 0.3 is 0 Å². The molecule has 0 saturated carbocycles. The zero-order chi connectivity index (χ0) is 17.4. The van der Waals surface area contributed by atoms with Crippen LogP contribution in [0.3, 0.4) is 0 Å². The van der Waals surface area contributed by atoms with E-state index in [1.807, 2.05) is 0 Å². The van der Waals surface area contributed by atoms with Gasteiger partial charge in [-0.3, -0.25) is 4.79 Å². The van der Waals surface area contributed by atoms with Gasteiger partial charge in [0.2, 0.25) is 5.88 Å². The first kappa shape index (κ1) is 15.1. The van der Waals surface area contributed by atoms with Crippen molar-refractivity contribution in [3.05, 3.63) is 47.8 Å². The molecule has 1 amide bonds. The molecule has 0 spiro atoms. The molecule has 1 aliphatic heterocycles. The Morgan fingerprint density at radius 3 is 2.52 bits per heavy atom. The quantitative estimate of drug-likeness (QED) is 0.695. The van der Waals surface area contributed by atoms with Crippen LogP contribution in [-0.4, -0.2) is 29.2 Å². The first-order valence-corrected chi connectivity index (χ1v) is 7.48. The molecule has 1 aliphatic rings. The van der Waals surface area contributed by atoms with Crippen molar-refractivity contribution in [3.63, 3.8) is 0 Å². The third-order valence-corrected chi connectivity index (χ3v) is 3.75. The van der Waals surface area contributed by atoms with Crippen LogP contribution < -0.4 is 9.47 Å². The van der Waals surface area contributed by atoms with Crippen molar-refractivity contribution in [2.45, 2.75) is 0 Å². The maximum absolute atomic E-state index is 12.9. The number of azo groups is 1. The van der Waals surface area contributed by atoms with Gasteiger partial charge in [-0.05, 0) is 30.3 Å². The first-order chi connectivity index (χ1) is 12.1. The Labute approximate surface area is 140 Å². The van der Waals surface area contributed by atoms with Crippen LogP contribution in [0.5, 0.6) is 17.4 Å². The van der Waals surface area contributed by atoms with E-state index in [4.69, 9.17) is 9.47 Å². The van der Waals surface area contributed by atoms with Crippen molar-refractivity contribution in [1.29, 1.82) is 0 Å². The predicted octanol–water partition coefficient (Wildman–Crippen LogP) is 3.71. The highest BCUT2D eigenvalue weighted by molar-refractivity contribution is 5.98. The number of ether oxygens (including phenoxy) is 2. The molecule has 2 N–H and O–H groups in total. The molecule has 0 bridgehead atoms. The lowest BCUT2D eigenvalue weighted by Crippen LogP contribution is -2.15. The van der Waals surface area contributed by atoms with Gasteiger partial charge in [-0.2, -0.15) is 0 Å². The fourth-order valence-electron chi connectivity index (χ4n) is 2.55. The van der Waals surface area contributed by atoms with Crippen LogP contribution in [0, 0.1) is 5.82 Å². The van der Waals surface area contributed by atoms with Gasteiger partial charge in [0.25, 0.3) is 5.91 Å². The van der Waals surface area contributed by atoms with Gasteiger partial charge in [-0.25, -0.2) is 4.39 Å². The highest BCUT2D eigenvalue weighted by Crippen LogP contribution is 2.42. The smallest absolute Gasteiger partial charge is 0.295 e. The second-order valence-electron chi connectivity index (χ2n) is 5.38. The number of rotatable bonds is 2. The molecule has 7 nitrogen and oxygen atoms in total. The monoisotopic (exact) mass is 341 g/mol. The van der Waals surface area contributed by atoms with E-state index in [2.05, 4.69) is 15.2 Å². The summed E-state index contributed by atoms with van der Waals surface area (Å²) in [7, 11) is 0. The number of fused-ring (bicyclic) bond motifs is 2. The molecule has 3 aromatic rings. The minimum Gasteiger partial charge on any atom is -0.493 e. The number of aromatic hydroxyl groups is 1. The van der Waals surface area contributed by atoms with E-state index in [0.717, 1.165) is 12.1 Å². The molecule has 0 atom stereocenters. The molecule has 126 valence electrons. The molecular formula is C17H12FN3O4. The lowest BCUT2D eigenvalue weighted by Gasteiger charge is -2.17. The minimum absolute atomic E-state index is 0.113. The second kappa shape index (κ2) is 5.90. The average Bonchev–Trinajstić information content (AvgIpc) is 2.92. The number of carbonyl (C=O) groups excluding carboxylic acids is 1. The van der Waals surface area contributed by atoms with Crippen LogP contribution in [0.2, 0.25) is 0 Å². The van der Waals surface area contributed by atoms with Gasteiger partial charge in [0.15, 0.2) is 17.2 Å². The van der Waals surface area contributed by atoms with Crippen LogP contribution in [0.15, 0.2) is 46.6 Å². The van der Waals surface area contributed by atoms with E-state index in [-0.39, 0.29) is 17.1 Å². The Morgan fingerprint density at radius 1 is 1.12 bits per heavy atom. The van der Waals surface area contributed by atoms with Gasteiger partial charge in [0.05, 0.1) is 5.52 Å². The summed E-state index contributed by atoms with van der Waals surface area (Å²) >= 11 is 0. The number of carbonyl (C=O) groups is 1. The summed E-state index contributed by atoms with van der Waals surface area (Å²) in [6, 6.07) is 8.30. The van der Waals surface area contributed by atoms with Crippen LogP contribution in [0.1, 0.15) is 10.4 Å². The SMILES string of the molecule is O=C(N=Nc1c(O)[nH]c2cc3c(cc12)OCCO3)c1ccc(F)cc1. The molecule has 25 heavy (non-hydrogen) atoms. The van der Waals surface area contributed by atoms with Crippen molar-refractivity contribution in [3.8, 4) is 17.4 Å². The Morgan fingerprint density at radius 2 is 1.80 bits per heavy atom. The number of halogens is 1. The van der Waals surface area contributed by atoms with E-state index in [1.54, 1.807) is 12.1 Å². The highest BCUT2D eigenvalue weighted by Gasteiger charge is 2.18. The molecule has 0 radical (unpaired) electrons. The van der Waals surface area contributed by atoms with Gasteiger partial charge in [-0.1, -0.05) is 0 Å². The maximum Gasteiger partial charge on any atom is 0.295 e. The third-order valence-electron chi connectivity index (χ3n) is 3.75. The van der Waals surface area contributed by atoms with Gasteiger partial charge in [-0.15, -0.1) is 10.2 Å². The topological polar surface area (TPSA) is 96.3 Å². The number of H-pyrrole nitrogens is 1. The number of nitrogens with one attached hydrogen (secondary N) is 1. The molecule has 0 aliphatic carbocycles. The van der Waals surface area contributed by atoms with Crippen LogP contribution in [-0.2, 0) is 0 Å². The van der Waals surface area contributed by atoms with Crippen molar-refractivity contribution in [2.24, 2.45) is 10.2 Å². The minimum atomic E-state index is -0.647. The summed E-state index contributed by atoms with van der Waals surface area (Å²) < 4.78 is 23.9. The number of nitrogens with zero attached hydrogens (tertiary/aromatic N) is 2. The van der Waals surface area contributed by atoms with E-state index >= 15 is 0 Å². The van der Waals surface area contributed by atoms with Crippen molar-refractivity contribution >= 4 is 22.5 Å². The average molecular weight is 341 g/mol. The molecule has 0 saturated heterocycles. The summed E-state index contributed by atoms with van der Waals surface area (Å²) in [4.78, 5) is 14.8. The predicted molar refractivity (Wildman–Crippen MR) is 86.2 cm³/mol. The largest absolute Gasteiger partial charge is 0.493 e. The van der Waals surface area contributed by atoms with Crippen LogP contribution >= 0.6 is 0 Å². The summed E-state index contributed by atoms with van der Waals surface area (Å²) in [6.45, 7) is 0.874. The zero-order valence-electron chi connectivity index (χ0n) is 12.8. The number of hydrogen-bond acceptors (Lipinski definition) is 5. The zero-order valence-corrected chi connectivity index (χ0v) is 12.8. The first-order valence-electron chi connectivity index (χ1n) is 7.48. The number of aromatic amines is 1. The molecular weight excluding hydrogens is 329 g/mol. The maximum atomic E-state index is 12.9. The molecule has 4 rings (SSSR count). The Kier molecular flexibility index (Phi) is 3.57. The molecule has 1 aromatic heterocycles. The van der Waals surface area contributed by atoms with Gasteiger partial charge in [0.1, 0.15) is 19.0 Å². The molecule has 8 heteroatoms. The molecule has 2 heterocycles. The van der Waals surface area contributed by atoms with Crippen LogP contribution in [0.4, 0.5) is 10.1 Å². The number of aromatic nitrogens is 1. The van der Waals surface area contributed by atoms with Crippen molar-refractivity contribution in [2.75, 3.05) is 13.2 Å². The Balaban J connectivity index is 1.69. The normalized spacial score (nSPS) is 13.5. The summed E-state index contributed by atoms with van der Waals surface area (Å²) in [5, 5.41) is 18.0. The fourth-order valence-corrected chi connectivity index (χ4v) is 2.55. The van der Waals surface area contributed by atoms with Crippen molar-refractivity contribution < 1.29 is 23.8 Å². The van der Waals surface area contributed by atoms with E-state index in [0.29, 0.717) is 35.6 Å².